The molecule has 2 atom stereocenters. The molecule has 0 aliphatic heterocycles. The van der Waals surface area contributed by atoms with Gasteiger partial charge in [0.15, 0.2) is 0 Å². The first kappa shape index (κ1) is 14.2. The molecule has 17 heavy (non-hydrogen) atoms. The highest BCUT2D eigenvalue weighted by atomic mass is 16.5. The molecule has 3 nitrogen and oxygen atoms in total. The highest BCUT2D eigenvalue weighted by Gasteiger charge is 2.22. The third-order valence-corrected chi connectivity index (χ3v) is 3.13. The summed E-state index contributed by atoms with van der Waals surface area (Å²) in [6.45, 7) is 5.80. The van der Waals surface area contributed by atoms with Gasteiger partial charge in [0.25, 0.3) is 0 Å². The minimum Gasteiger partial charge on any atom is -0.383 e. The Morgan fingerprint density at radius 3 is 2.53 bits per heavy atom. The quantitative estimate of drug-likeness (QED) is 0.820. The van der Waals surface area contributed by atoms with Gasteiger partial charge in [0.05, 0.1) is 6.61 Å². The van der Waals surface area contributed by atoms with Crippen LogP contribution in [-0.4, -0.2) is 38.3 Å². The average Bonchev–Trinajstić information content (AvgIpc) is 2.29. The molecule has 0 saturated carbocycles. The van der Waals surface area contributed by atoms with Crippen LogP contribution in [0.15, 0.2) is 24.3 Å². The van der Waals surface area contributed by atoms with Crippen LogP contribution in [0.25, 0.3) is 0 Å². The maximum atomic E-state index is 6.13. The molecule has 1 aromatic rings. The second-order valence-electron chi connectivity index (χ2n) is 4.63. The maximum Gasteiger partial charge on any atom is 0.0589 e. The number of hydrogen-bond donors (Lipinski definition) is 1. The van der Waals surface area contributed by atoms with Crippen LogP contribution in [0, 0.1) is 6.92 Å². The summed E-state index contributed by atoms with van der Waals surface area (Å²) >= 11 is 0. The van der Waals surface area contributed by atoms with Crippen LogP contribution in [0.1, 0.15) is 24.1 Å². The molecule has 3 heteroatoms. The van der Waals surface area contributed by atoms with Crippen LogP contribution >= 0.6 is 0 Å². The second-order valence-corrected chi connectivity index (χ2v) is 4.63. The Kier molecular flexibility index (Phi) is 5.62. The lowest BCUT2D eigenvalue weighted by molar-refractivity contribution is 0.131. The lowest BCUT2D eigenvalue weighted by Crippen LogP contribution is -2.39. The van der Waals surface area contributed by atoms with E-state index in [9.17, 15) is 0 Å². The fourth-order valence-electron chi connectivity index (χ4n) is 2.22. The SMILES string of the molecule is COCCN(C)C(c1ccccc1C)C(C)N. The van der Waals surface area contributed by atoms with Crippen LogP contribution in [0.5, 0.6) is 0 Å². The Morgan fingerprint density at radius 2 is 2.00 bits per heavy atom. The van der Waals surface area contributed by atoms with Gasteiger partial charge < -0.3 is 10.5 Å². The van der Waals surface area contributed by atoms with Gasteiger partial charge in [-0.1, -0.05) is 24.3 Å². The summed E-state index contributed by atoms with van der Waals surface area (Å²) in [5, 5.41) is 0. The molecular weight excluding hydrogens is 212 g/mol. The summed E-state index contributed by atoms with van der Waals surface area (Å²) in [5.74, 6) is 0. The summed E-state index contributed by atoms with van der Waals surface area (Å²) in [6, 6.07) is 8.76. The van der Waals surface area contributed by atoms with E-state index in [1.807, 2.05) is 0 Å². The van der Waals surface area contributed by atoms with E-state index in [0.29, 0.717) is 0 Å². The van der Waals surface area contributed by atoms with Crippen LogP contribution in [0.3, 0.4) is 0 Å². The Hall–Kier alpha value is -0.900. The van der Waals surface area contributed by atoms with Crippen molar-refractivity contribution in [2.24, 2.45) is 5.73 Å². The topological polar surface area (TPSA) is 38.5 Å². The van der Waals surface area contributed by atoms with Crippen LogP contribution in [-0.2, 0) is 4.74 Å². The molecule has 1 rings (SSSR count). The first-order valence-electron chi connectivity index (χ1n) is 6.08. The van der Waals surface area contributed by atoms with E-state index in [2.05, 4.69) is 50.1 Å². The van der Waals surface area contributed by atoms with E-state index in [0.717, 1.165) is 13.2 Å². The minimum absolute atomic E-state index is 0.0953. The van der Waals surface area contributed by atoms with Gasteiger partial charge >= 0.3 is 0 Å². The van der Waals surface area contributed by atoms with Gasteiger partial charge in [-0.3, -0.25) is 4.90 Å². The van der Waals surface area contributed by atoms with Crippen molar-refractivity contribution in [2.75, 3.05) is 27.3 Å². The van der Waals surface area contributed by atoms with Crippen LogP contribution in [0.4, 0.5) is 0 Å². The number of aryl methyl sites for hydroxylation is 1. The van der Waals surface area contributed by atoms with Crippen molar-refractivity contribution in [2.45, 2.75) is 25.9 Å². The molecule has 0 amide bonds. The van der Waals surface area contributed by atoms with Gasteiger partial charge in [-0.15, -0.1) is 0 Å². The number of nitrogens with zero attached hydrogens (tertiary/aromatic N) is 1. The van der Waals surface area contributed by atoms with Gasteiger partial charge in [-0.25, -0.2) is 0 Å². The molecule has 0 saturated heterocycles. The van der Waals surface area contributed by atoms with Crippen molar-refractivity contribution in [3.8, 4) is 0 Å². The molecule has 0 spiro atoms. The molecule has 0 aliphatic rings. The molecular formula is C14H24N2O. The van der Waals surface area contributed by atoms with Gasteiger partial charge in [-0.2, -0.15) is 0 Å². The summed E-state index contributed by atoms with van der Waals surface area (Å²) in [7, 11) is 3.82. The molecule has 0 bridgehead atoms. The van der Waals surface area contributed by atoms with E-state index in [1.54, 1.807) is 7.11 Å². The van der Waals surface area contributed by atoms with Gasteiger partial charge in [0.2, 0.25) is 0 Å². The highest BCUT2D eigenvalue weighted by molar-refractivity contribution is 5.29. The largest absolute Gasteiger partial charge is 0.383 e. The van der Waals surface area contributed by atoms with Crippen molar-refractivity contribution in [3.63, 3.8) is 0 Å². The molecule has 96 valence electrons. The summed E-state index contributed by atoms with van der Waals surface area (Å²) in [5.41, 5.74) is 8.73. The van der Waals surface area contributed by atoms with Gasteiger partial charge in [0.1, 0.15) is 0 Å². The molecule has 0 heterocycles. The minimum atomic E-state index is 0.0953. The zero-order valence-corrected chi connectivity index (χ0v) is 11.3. The number of methoxy groups -OCH3 is 1. The Balaban J connectivity index is 2.89. The van der Waals surface area contributed by atoms with E-state index in [1.165, 1.54) is 11.1 Å². The number of benzene rings is 1. The smallest absolute Gasteiger partial charge is 0.0589 e. The molecule has 1 aromatic carbocycles. The van der Waals surface area contributed by atoms with Gasteiger partial charge in [0, 0.05) is 25.7 Å². The first-order valence-corrected chi connectivity index (χ1v) is 6.08. The first-order chi connectivity index (χ1) is 8.07. The number of ether oxygens (including phenoxy) is 1. The third kappa shape index (κ3) is 3.80. The molecule has 0 fully saturated rings. The zero-order valence-electron chi connectivity index (χ0n) is 11.3. The van der Waals surface area contributed by atoms with Crippen molar-refractivity contribution in [3.05, 3.63) is 35.4 Å². The number of rotatable bonds is 6. The van der Waals surface area contributed by atoms with Crippen molar-refractivity contribution >= 4 is 0 Å². The summed E-state index contributed by atoms with van der Waals surface area (Å²) in [6.07, 6.45) is 0. The normalized spacial score (nSPS) is 14.9. The molecule has 0 radical (unpaired) electrons. The van der Waals surface area contributed by atoms with E-state index in [-0.39, 0.29) is 12.1 Å². The van der Waals surface area contributed by atoms with E-state index >= 15 is 0 Å². The predicted octanol–water partition coefficient (Wildman–Crippen LogP) is 1.96. The zero-order chi connectivity index (χ0) is 12.8. The Bertz CT molecular complexity index is 339. The monoisotopic (exact) mass is 236 g/mol. The lowest BCUT2D eigenvalue weighted by atomic mass is 9.95. The average molecular weight is 236 g/mol. The number of hydrogen-bond acceptors (Lipinski definition) is 3. The van der Waals surface area contributed by atoms with E-state index in [4.69, 9.17) is 10.5 Å². The van der Waals surface area contributed by atoms with Crippen molar-refractivity contribution in [1.82, 2.24) is 4.90 Å². The molecule has 2 N–H and O–H groups in total. The molecule has 0 aliphatic carbocycles. The van der Waals surface area contributed by atoms with Crippen molar-refractivity contribution < 1.29 is 4.74 Å². The third-order valence-electron chi connectivity index (χ3n) is 3.13. The molecule has 2 unspecified atom stereocenters. The summed E-state index contributed by atoms with van der Waals surface area (Å²) < 4.78 is 5.13. The second kappa shape index (κ2) is 6.74. The number of nitrogens with two attached hydrogens (primary N) is 1. The lowest BCUT2D eigenvalue weighted by Gasteiger charge is -2.32. The van der Waals surface area contributed by atoms with Gasteiger partial charge in [-0.05, 0) is 32.0 Å². The van der Waals surface area contributed by atoms with E-state index < -0.39 is 0 Å². The fourth-order valence-corrected chi connectivity index (χ4v) is 2.22. The Labute approximate surface area is 105 Å². The predicted molar refractivity (Wildman–Crippen MR) is 72.1 cm³/mol. The number of likely N-dealkylation sites (N-methyl/N-ethyl adjacent to an activating group) is 1. The highest BCUT2D eigenvalue weighted by Crippen LogP contribution is 2.24. The summed E-state index contributed by atoms with van der Waals surface area (Å²) in [4.78, 5) is 2.26. The maximum absolute atomic E-state index is 6.13. The molecule has 0 aromatic heterocycles. The fraction of sp³-hybridized carbons (Fsp3) is 0.571. The van der Waals surface area contributed by atoms with Crippen LogP contribution < -0.4 is 5.73 Å². The van der Waals surface area contributed by atoms with Crippen LogP contribution in [0.2, 0.25) is 0 Å². The standard InChI is InChI=1S/C14H24N2O/c1-11-7-5-6-8-13(11)14(12(2)15)16(3)9-10-17-4/h5-8,12,14H,9-10,15H2,1-4H3. The Morgan fingerprint density at radius 1 is 1.35 bits per heavy atom. The van der Waals surface area contributed by atoms with Crippen molar-refractivity contribution in [1.29, 1.82) is 0 Å².